The summed E-state index contributed by atoms with van der Waals surface area (Å²) in [4.78, 5) is 0. The second kappa shape index (κ2) is 6.37. The smallest absolute Gasteiger partial charge is 0.151 e. The topological polar surface area (TPSA) is 38.0 Å². The van der Waals surface area contributed by atoms with Gasteiger partial charge >= 0.3 is 0 Å². The molecule has 1 aromatic carbocycles. The van der Waals surface area contributed by atoms with E-state index in [1.807, 2.05) is 0 Å². The Labute approximate surface area is 97.9 Å². The first-order chi connectivity index (χ1) is 7.65. The minimum Gasteiger partial charge on any atom is -0.395 e. The van der Waals surface area contributed by atoms with E-state index in [1.54, 1.807) is 17.8 Å². The standard InChI is InChI=1S/C11H14F2N2S/c1-2-4-16-5-3-15-10-7-8(12)6-9(13)11(10)14/h2,6-7,15H,1,3-5,14H2. The Hall–Kier alpha value is -1.23. The van der Waals surface area contributed by atoms with E-state index in [2.05, 4.69) is 11.9 Å². The van der Waals surface area contributed by atoms with Gasteiger partial charge in [-0.15, -0.1) is 6.58 Å². The number of nitrogens with two attached hydrogens (primary N) is 1. The zero-order chi connectivity index (χ0) is 12.0. The highest BCUT2D eigenvalue weighted by atomic mass is 32.2. The molecule has 5 heteroatoms. The molecule has 1 aromatic rings. The van der Waals surface area contributed by atoms with Crippen LogP contribution in [-0.2, 0) is 0 Å². The maximum Gasteiger partial charge on any atom is 0.151 e. The van der Waals surface area contributed by atoms with Gasteiger partial charge in [0.05, 0.1) is 11.4 Å². The lowest BCUT2D eigenvalue weighted by Gasteiger charge is -2.09. The van der Waals surface area contributed by atoms with E-state index in [-0.39, 0.29) is 5.69 Å². The molecular formula is C11H14F2N2S. The zero-order valence-corrected chi connectivity index (χ0v) is 9.62. The first-order valence-electron chi connectivity index (χ1n) is 4.82. The summed E-state index contributed by atoms with van der Waals surface area (Å²) in [6, 6.07) is 1.96. The number of nitrogen functional groups attached to an aromatic ring is 1. The van der Waals surface area contributed by atoms with Gasteiger partial charge in [-0.2, -0.15) is 11.8 Å². The number of nitrogens with one attached hydrogen (secondary N) is 1. The summed E-state index contributed by atoms with van der Waals surface area (Å²) in [5.41, 5.74) is 5.72. The van der Waals surface area contributed by atoms with Crippen LogP contribution in [0.2, 0.25) is 0 Å². The highest BCUT2D eigenvalue weighted by Crippen LogP contribution is 2.23. The van der Waals surface area contributed by atoms with Crippen LogP contribution in [0.3, 0.4) is 0 Å². The van der Waals surface area contributed by atoms with Crippen molar-refractivity contribution in [2.24, 2.45) is 0 Å². The van der Waals surface area contributed by atoms with Crippen molar-refractivity contribution in [3.05, 3.63) is 36.4 Å². The van der Waals surface area contributed by atoms with Crippen LogP contribution in [-0.4, -0.2) is 18.1 Å². The molecule has 0 saturated carbocycles. The maximum atomic E-state index is 13.0. The molecule has 0 fully saturated rings. The van der Waals surface area contributed by atoms with Crippen LogP contribution in [0.4, 0.5) is 20.2 Å². The average Bonchev–Trinajstić information content (AvgIpc) is 2.24. The molecule has 0 spiro atoms. The highest BCUT2D eigenvalue weighted by molar-refractivity contribution is 7.99. The van der Waals surface area contributed by atoms with Crippen molar-refractivity contribution in [1.29, 1.82) is 0 Å². The summed E-state index contributed by atoms with van der Waals surface area (Å²) < 4.78 is 25.9. The molecular weight excluding hydrogens is 230 g/mol. The van der Waals surface area contributed by atoms with Gasteiger partial charge in [-0.1, -0.05) is 6.08 Å². The SMILES string of the molecule is C=CCSCCNc1cc(F)cc(F)c1N. The van der Waals surface area contributed by atoms with E-state index < -0.39 is 11.6 Å². The van der Waals surface area contributed by atoms with Crippen LogP contribution in [0.25, 0.3) is 0 Å². The fourth-order valence-electron chi connectivity index (χ4n) is 1.16. The maximum absolute atomic E-state index is 13.0. The Morgan fingerprint density at radius 1 is 1.44 bits per heavy atom. The number of halogens is 2. The Morgan fingerprint density at radius 2 is 2.19 bits per heavy atom. The van der Waals surface area contributed by atoms with E-state index in [1.165, 1.54) is 6.07 Å². The van der Waals surface area contributed by atoms with E-state index in [9.17, 15) is 8.78 Å². The van der Waals surface area contributed by atoms with Crippen LogP contribution in [0.1, 0.15) is 0 Å². The minimum absolute atomic E-state index is 0.0462. The van der Waals surface area contributed by atoms with Gasteiger partial charge in [-0.05, 0) is 6.07 Å². The molecule has 0 heterocycles. The lowest BCUT2D eigenvalue weighted by Crippen LogP contribution is -2.08. The highest BCUT2D eigenvalue weighted by Gasteiger charge is 2.07. The Kier molecular flexibility index (Phi) is 5.11. The van der Waals surface area contributed by atoms with Gasteiger partial charge in [0, 0.05) is 24.1 Å². The number of thioether (sulfide) groups is 1. The number of hydrogen-bond acceptors (Lipinski definition) is 3. The normalized spacial score (nSPS) is 10.1. The Morgan fingerprint density at radius 3 is 2.88 bits per heavy atom. The minimum atomic E-state index is -0.735. The molecule has 0 amide bonds. The molecule has 3 N–H and O–H groups in total. The Balaban J connectivity index is 2.50. The molecule has 0 atom stereocenters. The molecule has 0 aliphatic rings. The van der Waals surface area contributed by atoms with Gasteiger partial charge < -0.3 is 11.1 Å². The molecule has 2 nitrogen and oxygen atoms in total. The third-order valence-electron chi connectivity index (χ3n) is 1.89. The largest absolute Gasteiger partial charge is 0.395 e. The quantitative estimate of drug-likeness (QED) is 0.459. The lowest BCUT2D eigenvalue weighted by atomic mass is 10.2. The van der Waals surface area contributed by atoms with Crippen molar-refractivity contribution in [1.82, 2.24) is 0 Å². The van der Waals surface area contributed by atoms with E-state index >= 15 is 0 Å². The zero-order valence-electron chi connectivity index (χ0n) is 8.80. The van der Waals surface area contributed by atoms with Gasteiger partial charge in [0.2, 0.25) is 0 Å². The van der Waals surface area contributed by atoms with Crippen LogP contribution < -0.4 is 11.1 Å². The fraction of sp³-hybridized carbons (Fsp3) is 0.273. The Bertz CT molecular complexity index is 369. The van der Waals surface area contributed by atoms with Gasteiger partial charge in [-0.3, -0.25) is 0 Å². The summed E-state index contributed by atoms with van der Waals surface area (Å²) in [6.07, 6.45) is 1.81. The molecule has 0 saturated heterocycles. The predicted octanol–water partition coefficient (Wildman–Crippen LogP) is 2.88. The molecule has 16 heavy (non-hydrogen) atoms. The van der Waals surface area contributed by atoms with Crippen molar-refractivity contribution in [3.63, 3.8) is 0 Å². The summed E-state index contributed by atoms with van der Waals surface area (Å²) in [5, 5.41) is 2.89. The van der Waals surface area contributed by atoms with Crippen LogP contribution in [0.15, 0.2) is 24.8 Å². The van der Waals surface area contributed by atoms with E-state index in [0.717, 1.165) is 17.6 Å². The first-order valence-corrected chi connectivity index (χ1v) is 5.97. The van der Waals surface area contributed by atoms with Gasteiger partial charge in [0.1, 0.15) is 5.82 Å². The molecule has 1 rings (SSSR count). The van der Waals surface area contributed by atoms with Crippen molar-refractivity contribution >= 4 is 23.1 Å². The van der Waals surface area contributed by atoms with Gasteiger partial charge in [0.15, 0.2) is 5.82 Å². The van der Waals surface area contributed by atoms with E-state index in [4.69, 9.17) is 5.73 Å². The monoisotopic (exact) mass is 244 g/mol. The number of rotatable bonds is 6. The van der Waals surface area contributed by atoms with Crippen LogP contribution in [0, 0.1) is 11.6 Å². The second-order valence-electron chi connectivity index (χ2n) is 3.14. The summed E-state index contributed by atoms with van der Waals surface area (Å²) >= 11 is 1.68. The number of hydrogen-bond donors (Lipinski definition) is 2. The van der Waals surface area contributed by atoms with Crippen molar-refractivity contribution < 1.29 is 8.78 Å². The summed E-state index contributed by atoms with van der Waals surface area (Å²) in [7, 11) is 0. The predicted molar refractivity (Wildman–Crippen MR) is 66.8 cm³/mol. The van der Waals surface area contributed by atoms with Crippen molar-refractivity contribution in [2.75, 3.05) is 29.1 Å². The molecule has 0 bridgehead atoms. The summed E-state index contributed by atoms with van der Waals surface area (Å²) in [5.74, 6) is 0.312. The van der Waals surface area contributed by atoms with Gasteiger partial charge in [0.25, 0.3) is 0 Å². The first kappa shape index (κ1) is 12.8. The van der Waals surface area contributed by atoms with Crippen molar-refractivity contribution in [3.8, 4) is 0 Å². The second-order valence-corrected chi connectivity index (χ2v) is 4.29. The molecule has 0 aliphatic heterocycles. The third-order valence-corrected chi connectivity index (χ3v) is 2.86. The fourth-order valence-corrected chi connectivity index (χ4v) is 1.74. The van der Waals surface area contributed by atoms with E-state index in [0.29, 0.717) is 12.2 Å². The number of benzene rings is 1. The average molecular weight is 244 g/mol. The van der Waals surface area contributed by atoms with Crippen LogP contribution in [0.5, 0.6) is 0 Å². The van der Waals surface area contributed by atoms with Gasteiger partial charge in [-0.25, -0.2) is 8.78 Å². The van der Waals surface area contributed by atoms with Crippen LogP contribution >= 0.6 is 11.8 Å². The molecule has 88 valence electrons. The molecule has 0 radical (unpaired) electrons. The molecule has 0 aliphatic carbocycles. The number of anilines is 2. The lowest BCUT2D eigenvalue weighted by molar-refractivity contribution is 0.587. The summed E-state index contributed by atoms with van der Waals surface area (Å²) in [6.45, 7) is 4.20. The molecule has 0 unspecified atom stereocenters. The molecule has 0 aromatic heterocycles. The third kappa shape index (κ3) is 3.73. The van der Waals surface area contributed by atoms with Crippen molar-refractivity contribution in [2.45, 2.75) is 0 Å².